The fraction of sp³-hybridized carbons (Fsp3) is 0.182. The van der Waals surface area contributed by atoms with Gasteiger partial charge in [0.2, 0.25) is 5.91 Å². The SMILES string of the molecule is Cc1cc(Sc2ncccn2)ccc1NC(=O)CCCNC(=O)c1ccccc1. The first kappa shape index (κ1) is 20.5. The zero-order valence-corrected chi connectivity index (χ0v) is 16.9. The highest BCUT2D eigenvalue weighted by molar-refractivity contribution is 7.99. The van der Waals surface area contributed by atoms with E-state index >= 15 is 0 Å². The lowest BCUT2D eigenvalue weighted by Gasteiger charge is -2.10. The van der Waals surface area contributed by atoms with E-state index in [1.165, 1.54) is 11.8 Å². The van der Waals surface area contributed by atoms with E-state index in [2.05, 4.69) is 20.6 Å². The molecule has 0 aliphatic heterocycles. The molecule has 2 aromatic carbocycles. The van der Waals surface area contributed by atoms with Gasteiger partial charge in [-0.15, -0.1) is 0 Å². The molecule has 3 rings (SSSR count). The van der Waals surface area contributed by atoms with Crippen LogP contribution in [0.2, 0.25) is 0 Å². The lowest BCUT2D eigenvalue weighted by Crippen LogP contribution is -2.25. The molecule has 0 radical (unpaired) electrons. The van der Waals surface area contributed by atoms with Gasteiger partial charge in [0.1, 0.15) is 0 Å². The van der Waals surface area contributed by atoms with Gasteiger partial charge in [-0.1, -0.05) is 18.2 Å². The number of anilines is 1. The maximum absolute atomic E-state index is 12.2. The number of hydrogen-bond acceptors (Lipinski definition) is 5. The fourth-order valence-corrected chi connectivity index (χ4v) is 3.45. The zero-order valence-electron chi connectivity index (χ0n) is 16.1. The van der Waals surface area contributed by atoms with Crippen LogP contribution in [0, 0.1) is 6.92 Å². The standard InChI is InChI=1S/C22H22N4O2S/c1-16-15-18(29-22-24-13-6-14-25-22)10-11-19(16)26-20(27)9-5-12-23-21(28)17-7-3-2-4-8-17/h2-4,6-8,10-11,13-15H,5,9,12H2,1H3,(H,23,28)(H,26,27). The number of nitrogens with zero attached hydrogens (tertiary/aromatic N) is 2. The average molecular weight is 407 g/mol. The minimum Gasteiger partial charge on any atom is -0.352 e. The van der Waals surface area contributed by atoms with Gasteiger partial charge in [-0.25, -0.2) is 9.97 Å². The topological polar surface area (TPSA) is 84.0 Å². The maximum atomic E-state index is 12.2. The summed E-state index contributed by atoms with van der Waals surface area (Å²) in [5.74, 6) is -0.203. The molecule has 1 aromatic heterocycles. The monoisotopic (exact) mass is 406 g/mol. The van der Waals surface area contributed by atoms with Gasteiger partial charge in [0, 0.05) is 41.5 Å². The van der Waals surface area contributed by atoms with E-state index < -0.39 is 0 Å². The van der Waals surface area contributed by atoms with Crippen LogP contribution in [0.15, 0.2) is 77.0 Å². The molecule has 6 nitrogen and oxygen atoms in total. The van der Waals surface area contributed by atoms with Crippen LogP contribution in [0.1, 0.15) is 28.8 Å². The third-order valence-electron chi connectivity index (χ3n) is 4.13. The number of aromatic nitrogens is 2. The number of rotatable bonds is 8. The minimum atomic E-state index is -0.127. The number of aryl methyl sites for hydroxylation is 1. The van der Waals surface area contributed by atoms with E-state index in [4.69, 9.17) is 0 Å². The van der Waals surface area contributed by atoms with E-state index in [0.717, 1.165) is 16.1 Å². The maximum Gasteiger partial charge on any atom is 0.251 e. The summed E-state index contributed by atoms with van der Waals surface area (Å²) in [6.07, 6.45) is 4.32. The highest BCUT2D eigenvalue weighted by atomic mass is 32.2. The van der Waals surface area contributed by atoms with Crippen molar-refractivity contribution in [1.29, 1.82) is 0 Å². The molecule has 0 unspecified atom stereocenters. The molecule has 0 fully saturated rings. The van der Waals surface area contributed by atoms with Crippen LogP contribution < -0.4 is 10.6 Å². The first-order chi connectivity index (χ1) is 14.1. The Labute approximate surface area is 174 Å². The Kier molecular flexibility index (Phi) is 7.35. The van der Waals surface area contributed by atoms with Crippen LogP contribution in [-0.4, -0.2) is 28.3 Å². The van der Waals surface area contributed by atoms with Crippen LogP contribution in [0.4, 0.5) is 5.69 Å². The zero-order chi connectivity index (χ0) is 20.5. The van der Waals surface area contributed by atoms with Crippen LogP contribution in [0.25, 0.3) is 0 Å². The van der Waals surface area contributed by atoms with Crippen LogP contribution in [-0.2, 0) is 4.79 Å². The third kappa shape index (κ3) is 6.43. The Bertz CT molecular complexity index is 965. The Morgan fingerprint density at radius 3 is 2.48 bits per heavy atom. The van der Waals surface area contributed by atoms with Crippen molar-refractivity contribution in [2.24, 2.45) is 0 Å². The van der Waals surface area contributed by atoms with Crippen molar-refractivity contribution in [1.82, 2.24) is 15.3 Å². The second kappa shape index (κ2) is 10.4. The fourth-order valence-electron chi connectivity index (χ4n) is 2.64. The second-order valence-corrected chi connectivity index (χ2v) is 7.42. The van der Waals surface area contributed by atoms with Gasteiger partial charge < -0.3 is 10.6 Å². The van der Waals surface area contributed by atoms with Gasteiger partial charge in [0.25, 0.3) is 5.91 Å². The van der Waals surface area contributed by atoms with Crippen molar-refractivity contribution < 1.29 is 9.59 Å². The van der Waals surface area contributed by atoms with Crippen LogP contribution in [0.3, 0.4) is 0 Å². The molecule has 0 saturated carbocycles. The molecule has 0 bridgehead atoms. The Morgan fingerprint density at radius 2 is 1.76 bits per heavy atom. The van der Waals surface area contributed by atoms with Crippen molar-refractivity contribution in [2.45, 2.75) is 29.8 Å². The van der Waals surface area contributed by atoms with E-state index in [1.807, 2.05) is 43.3 Å². The highest BCUT2D eigenvalue weighted by Gasteiger charge is 2.08. The van der Waals surface area contributed by atoms with E-state index in [-0.39, 0.29) is 11.8 Å². The summed E-state index contributed by atoms with van der Waals surface area (Å²) < 4.78 is 0. The number of nitrogens with one attached hydrogen (secondary N) is 2. The van der Waals surface area contributed by atoms with Gasteiger partial charge in [0.15, 0.2) is 5.16 Å². The third-order valence-corrected chi connectivity index (χ3v) is 5.01. The predicted molar refractivity (Wildman–Crippen MR) is 114 cm³/mol. The number of amides is 2. The first-order valence-electron chi connectivity index (χ1n) is 9.30. The smallest absolute Gasteiger partial charge is 0.251 e. The molecule has 2 N–H and O–H groups in total. The number of carbonyl (C=O) groups is 2. The van der Waals surface area contributed by atoms with E-state index in [1.54, 1.807) is 30.6 Å². The Morgan fingerprint density at radius 1 is 1.00 bits per heavy atom. The molecule has 2 amide bonds. The largest absolute Gasteiger partial charge is 0.352 e. The molecule has 148 valence electrons. The highest BCUT2D eigenvalue weighted by Crippen LogP contribution is 2.27. The second-order valence-electron chi connectivity index (χ2n) is 6.38. The molecular formula is C22H22N4O2S. The van der Waals surface area contributed by atoms with Gasteiger partial charge >= 0.3 is 0 Å². The number of hydrogen-bond donors (Lipinski definition) is 2. The summed E-state index contributed by atoms with van der Waals surface area (Å²) in [5, 5.41) is 6.44. The van der Waals surface area contributed by atoms with Crippen molar-refractivity contribution in [3.05, 3.63) is 78.1 Å². The lowest BCUT2D eigenvalue weighted by atomic mass is 10.2. The molecule has 7 heteroatoms. The van der Waals surface area contributed by atoms with E-state index in [9.17, 15) is 9.59 Å². The Balaban J connectivity index is 1.43. The summed E-state index contributed by atoms with van der Waals surface area (Å²) >= 11 is 1.47. The van der Waals surface area contributed by atoms with Gasteiger partial charge in [-0.2, -0.15) is 0 Å². The minimum absolute atomic E-state index is 0.0751. The summed E-state index contributed by atoms with van der Waals surface area (Å²) in [6.45, 7) is 2.40. The van der Waals surface area contributed by atoms with Crippen LogP contribution >= 0.6 is 11.8 Å². The first-order valence-corrected chi connectivity index (χ1v) is 10.1. The quantitative estimate of drug-likeness (QED) is 0.435. The van der Waals surface area contributed by atoms with Crippen molar-refractivity contribution >= 4 is 29.3 Å². The van der Waals surface area contributed by atoms with Crippen molar-refractivity contribution in [2.75, 3.05) is 11.9 Å². The summed E-state index contributed by atoms with van der Waals surface area (Å²) in [6, 6.07) is 16.6. The molecule has 29 heavy (non-hydrogen) atoms. The van der Waals surface area contributed by atoms with Crippen LogP contribution in [0.5, 0.6) is 0 Å². The molecule has 0 spiro atoms. The molecule has 3 aromatic rings. The molecule has 0 aliphatic carbocycles. The molecule has 0 aliphatic rings. The molecule has 1 heterocycles. The molecule has 0 saturated heterocycles. The summed E-state index contributed by atoms with van der Waals surface area (Å²) in [5.41, 5.74) is 2.37. The van der Waals surface area contributed by atoms with Gasteiger partial charge in [-0.05, 0) is 67.1 Å². The Hall–Kier alpha value is -3.19. The number of benzene rings is 2. The predicted octanol–water partition coefficient (Wildman–Crippen LogP) is 4.08. The molecule has 0 atom stereocenters. The van der Waals surface area contributed by atoms with Crippen molar-refractivity contribution in [3.63, 3.8) is 0 Å². The average Bonchev–Trinajstić information content (AvgIpc) is 2.74. The van der Waals surface area contributed by atoms with E-state index in [0.29, 0.717) is 30.1 Å². The van der Waals surface area contributed by atoms with Gasteiger partial charge in [-0.3, -0.25) is 9.59 Å². The summed E-state index contributed by atoms with van der Waals surface area (Å²) in [7, 11) is 0. The summed E-state index contributed by atoms with van der Waals surface area (Å²) in [4.78, 5) is 33.6. The lowest BCUT2D eigenvalue weighted by molar-refractivity contribution is -0.116. The number of carbonyl (C=O) groups excluding carboxylic acids is 2. The molecular weight excluding hydrogens is 384 g/mol. The van der Waals surface area contributed by atoms with Gasteiger partial charge in [0.05, 0.1) is 0 Å². The normalized spacial score (nSPS) is 10.4. The van der Waals surface area contributed by atoms with Crippen molar-refractivity contribution in [3.8, 4) is 0 Å².